The Labute approximate surface area is 201 Å². The van der Waals surface area contributed by atoms with Gasteiger partial charge < -0.3 is 4.57 Å². The fourth-order valence-corrected chi connectivity index (χ4v) is 4.85. The number of hydrogen-bond donors (Lipinski definition) is 0. The van der Waals surface area contributed by atoms with Crippen LogP contribution in [0.15, 0.2) is 104 Å². The smallest absolute Gasteiger partial charge is 0.159 e. The molecule has 0 N–H and O–H groups in total. The molecule has 0 saturated carbocycles. The highest BCUT2D eigenvalue weighted by Gasteiger charge is 2.17. The zero-order chi connectivity index (χ0) is 23.4. The molecule has 0 unspecified atom stereocenters. The van der Waals surface area contributed by atoms with E-state index in [0.717, 1.165) is 38.9 Å². The maximum atomic E-state index is 4.92. The molecule has 6 nitrogen and oxygen atoms in total. The third-order valence-corrected chi connectivity index (χ3v) is 6.52. The van der Waals surface area contributed by atoms with Crippen molar-refractivity contribution in [1.29, 1.82) is 0 Å². The minimum atomic E-state index is 0.675. The average molecular weight is 453 g/mol. The van der Waals surface area contributed by atoms with Crippen molar-refractivity contribution in [1.82, 2.24) is 29.3 Å². The zero-order valence-corrected chi connectivity index (χ0v) is 19.0. The molecule has 0 bridgehead atoms. The Bertz CT molecular complexity index is 1850. The average Bonchev–Trinajstić information content (AvgIpc) is 3.49. The fourth-order valence-electron chi connectivity index (χ4n) is 4.85. The highest BCUT2D eigenvalue weighted by atomic mass is 15.3. The maximum Gasteiger partial charge on any atom is 0.159 e. The van der Waals surface area contributed by atoms with Crippen LogP contribution in [0.2, 0.25) is 0 Å². The van der Waals surface area contributed by atoms with Gasteiger partial charge in [0, 0.05) is 40.3 Å². The van der Waals surface area contributed by atoms with E-state index in [1.165, 1.54) is 16.3 Å². The monoisotopic (exact) mass is 452 g/mol. The van der Waals surface area contributed by atoms with Crippen molar-refractivity contribution >= 4 is 32.7 Å². The Balaban J connectivity index is 1.50. The van der Waals surface area contributed by atoms with Gasteiger partial charge in [-0.15, -0.1) is 0 Å². The van der Waals surface area contributed by atoms with E-state index in [4.69, 9.17) is 5.10 Å². The van der Waals surface area contributed by atoms with Crippen molar-refractivity contribution in [2.24, 2.45) is 0 Å². The Hall–Kier alpha value is -4.84. The van der Waals surface area contributed by atoms with E-state index in [1.54, 1.807) is 12.4 Å². The summed E-state index contributed by atoms with van der Waals surface area (Å²) in [7, 11) is 0. The van der Waals surface area contributed by atoms with Crippen molar-refractivity contribution in [2.45, 2.75) is 6.92 Å². The number of pyridine rings is 1. The largest absolute Gasteiger partial charge is 0.306 e. The lowest BCUT2D eigenvalue weighted by Gasteiger charge is -2.08. The lowest BCUT2D eigenvalue weighted by molar-refractivity contribution is 0.888. The molecule has 0 spiro atoms. The SMILES string of the molecule is Cc1ccccc1-n1cc2c(ccc3c4ccccc4n(-c4cnc(-c5ccncc5)nc4)c23)n1. The van der Waals surface area contributed by atoms with E-state index in [0.29, 0.717) is 5.82 Å². The molecule has 7 aromatic rings. The van der Waals surface area contributed by atoms with Crippen LogP contribution in [-0.2, 0) is 0 Å². The number of rotatable bonds is 3. The first-order valence-corrected chi connectivity index (χ1v) is 11.5. The van der Waals surface area contributed by atoms with Crippen LogP contribution in [0.1, 0.15) is 5.56 Å². The molecule has 0 radical (unpaired) electrons. The first kappa shape index (κ1) is 19.6. The van der Waals surface area contributed by atoms with Crippen molar-refractivity contribution in [3.63, 3.8) is 0 Å². The Morgan fingerprint density at radius 1 is 0.714 bits per heavy atom. The molecule has 0 aliphatic heterocycles. The molecule has 166 valence electrons. The van der Waals surface area contributed by atoms with E-state index in [9.17, 15) is 0 Å². The molecule has 7 rings (SSSR count). The van der Waals surface area contributed by atoms with E-state index < -0.39 is 0 Å². The highest BCUT2D eigenvalue weighted by Crippen LogP contribution is 2.36. The van der Waals surface area contributed by atoms with Crippen LogP contribution in [0, 0.1) is 6.92 Å². The molecule has 0 fully saturated rings. The number of hydrogen-bond acceptors (Lipinski definition) is 4. The summed E-state index contributed by atoms with van der Waals surface area (Å²) in [5, 5.41) is 8.37. The molecule has 0 saturated heterocycles. The van der Waals surface area contributed by atoms with Gasteiger partial charge in [0.2, 0.25) is 0 Å². The summed E-state index contributed by atoms with van der Waals surface area (Å²) in [5.74, 6) is 0.675. The summed E-state index contributed by atoms with van der Waals surface area (Å²) in [4.78, 5) is 13.5. The van der Waals surface area contributed by atoms with Gasteiger partial charge in [-0.3, -0.25) is 4.98 Å². The third-order valence-electron chi connectivity index (χ3n) is 6.52. The molecule has 0 atom stereocenters. The predicted molar refractivity (Wildman–Crippen MR) is 139 cm³/mol. The molecule has 0 aliphatic rings. The van der Waals surface area contributed by atoms with Crippen molar-refractivity contribution in [2.75, 3.05) is 0 Å². The van der Waals surface area contributed by atoms with Gasteiger partial charge in [0.15, 0.2) is 5.82 Å². The molecular formula is C29H20N6. The van der Waals surface area contributed by atoms with Crippen LogP contribution >= 0.6 is 0 Å². The second-order valence-electron chi connectivity index (χ2n) is 8.61. The van der Waals surface area contributed by atoms with Gasteiger partial charge in [0.1, 0.15) is 0 Å². The molecule has 0 aliphatic carbocycles. The summed E-state index contributed by atoms with van der Waals surface area (Å²) in [6.45, 7) is 2.11. The second kappa shape index (κ2) is 7.60. The predicted octanol–water partition coefficient (Wildman–Crippen LogP) is 6.28. The number of benzene rings is 3. The molecule has 6 heteroatoms. The van der Waals surface area contributed by atoms with E-state index >= 15 is 0 Å². The fraction of sp³-hybridized carbons (Fsp3) is 0.0345. The number of aryl methyl sites for hydroxylation is 1. The third kappa shape index (κ3) is 3.04. The summed E-state index contributed by atoms with van der Waals surface area (Å²) in [6, 6.07) is 24.9. The topological polar surface area (TPSA) is 61.4 Å². The number of nitrogens with zero attached hydrogens (tertiary/aromatic N) is 6. The Morgan fingerprint density at radius 2 is 1.49 bits per heavy atom. The van der Waals surface area contributed by atoms with Crippen LogP contribution in [0.25, 0.3) is 55.5 Å². The summed E-state index contributed by atoms with van der Waals surface area (Å²) in [5.41, 5.74) is 7.25. The molecule has 3 aromatic carbocycles. The van der Waals surface area contributed by atoms with Crippen LogP contribution in [0.5, 0.6) is 0 Å². The standard InChI is InChI=1S/C29H20N6/c1-19-6-2-4-8-26(19)34-18-24-25(33-34)11-10-23-22-7-3-5-9-27(22)35(28(23)24)21-16-31-29(32-17-21)20-12-14-30-15-13-20/h2-18H,1H3. The summed E-state index contributed by atoms with van der Waals surface area (Å²) >= 11 is 0. The number of para-hydroxylation sites is 2. The van der Waals surface area contributed by atoms with Gasteiger partial charge in [-0.05, 0) is 48.9 Å². The first-order valence-electron chi connectivity index (χ1n) is 11.5. The lowest BCUT2D eigenvalue weighted by Crippen LogP contribution is -1.98. The lowest BCUT2D eigenvalue weighted by atomic mass is 10.1. The molecule has 4 aromatic heterocycles. The van der Waals surface area contributed by atoms with Crippen LogP contribution in [0.4, 0.5) is 0 Å². The molecule has 4 heterocycles. The van der Waals surface area contributed by atoms with Crippen LogP contribution in [0.3, 0.4) is 0 Å². The van der Waals surface area contributed by atoms with Gasteiger partial charge in [0.25, 0.3) is 0 Å². The first-order chi connectivity index (χ1) is 17.3. The number of fused-ring (bicyclic) bond motifs is 5. The summed E-state index contributed by atoms with van der Waals surface area (Å²) < 4.78 is 4.22. The van der Waals surface area contributed by atoms with Crippen molar-refractivity contribution in [3.05, 3.63) is 109 Å². The van der Waals surface area contributed by atoms with Crippen LogP contribution in [-0.4, -0.2) is 29.3 Å². The van der Waals surface area contributed by atoms with Gasteiger partial charge >= 0.3 is 0 Å². The quantitative estimate of drug-likeness (QED) is 0.316. The molecular weight excluding hydrogens is 432 g/mol. The minimum Gasteiger partial charge on any atom is -0.306 e. The van der Waals surface area contributed by atoms with Crippen LogP contribution < -0.4 is 0 Å². The second-order valence-corrected chi connectivity index (χ2v) is 8.61. The van der Waals surface area contributed by atoms with Gasteiger partial charge in [-0.1, -0.05) is 36.4 Å². The highest BCUT2D eigenvalue weighted by molar-refractivity contribution is 6.18. The maximum absolute atomic E-state index is 4.92. The van der Waals surface area contributed by atoms with Crippen molar-refractivity contribution < 1.29 is 0 Å². The van der Waals surface area contributed by atoms with Gasteiger partial charge in [0.05, 0.1) is 40.3 Å². The molecule has 35 heavy (non-hydrogen) atoms. The summed E-state index contributed by atoms with van der Waals surface area (Å²) in [6.07, 6.45) is 9.41. The number of aromatic nitrogens is 6. The van der Waals surface area contributed by atoms with Gasteiger partial charge in [-0.25, -0.2) is 14.6 Å². The normalized spacial score (nSPS) is 11.6. The Morgan fingerprint density at radius 3 is 2.31 bits per heavy atom. The Kier molecular flexibility index (Phi) is 4.26. The zero-order valence-electron chi connectivity index (χ0n) is 19.0. The van der Waals surface area contributed by atoms with E-state index in [1.807, 2.05) is 41.3 Å². The van der Waals surface area contributed by atoms with E-state index in [2.05, 4.69) is 81.2 Å². The van der Waals surface area contributed by atoms with Crippen molar-refractivity contribution in [3.8, 4) is 22.8 Å². The van der Waals surface area contributed by atoms with E-state index in [-0.39, 0.29) is 0 Å². The minimum absolute atomic E-state index is 0.675. The molecule has 0 amide bonds. The van der Waals surface area contributed by atoms with Gasteiger partial charge in [-0.2, -0.15) is 5.10 Å².